The maximum Gasteiger partial charge on any atom is 0.341 e. The minimum Gasteiger partial charge on any atom is -0.462 e. The Bertz CT molecular complexity index is 1180. The summed E-state index contributed by atoms with van der Waals surface area (Å²) in [5, 5.41) is 11.3. The van der Waals surface area contributed by atoms with Crippen LogP contribution < -0.4 is 5.32 Å². The van der Waals surface area contributed by atoms with E-state index in [1.54, 1.807) is 61.3 Å². The number of anilines is 1. The number of benzene rings is 1. The first kappa shape index (κ1) is 18.4. The first-order chi connectivity index (χ1) is 14.1. The van der Waals surface area contributed by atoms with Gasteiger partial charge in [-0.3, -0.25) is 4.79 Å². The molecule has 3 aromatic heterocycles. The summed E-state index contributed by atoms with van der Waals surface area (Å²) in [7, 11) is 0. The van der Waals surface area contributed by atoms with Crippen molar-refractivity contribution in [1.82, 2.24) is 24.4 Å². The largest absolute Gasteiger partial charge is 0.462 e. The summed E-state index contributed by atoms with van der Waals surface area (Å²) in [5.41, 5.74) is 3.17. The van der Waals surface area contributed by atoms with E-state index in [-0.39, 0.29) is 11.6 Å². The minimum atomic E-state index is -0.416. The average Bonchev–Trinajstić information content (AvgIpc) is 3.32. The van der Waals surface area contributed by atoms with Crippen LogP contribution in [0, 0.1) is 6.92 Å². The summed E-state index contributed by atoms with van der Waals surface area (Å²) in [6.45, 7) is 3.83. The highest BCUT2D eigenvalue weighted by Gasteiger charge is 2.17. The minimum absolute atomic E-state index is 0.258. The zero-order valence-electron chi connectivity index (χ0n) is 15.9. The van der Waals surface area contributed by atoms with Crippen molar-refractivity contribution in [1.29, 1.82) is 0 Å². The maximum absolute atomic E-state index is 12.6. The van der Waals surface area contributed by atoms with Crippen LogP contribution in [0.5, 0.6) is 0 Å². The molecule has 9 nitrogen and oxygen atoms in total. The molecule has 29 heavy (non-hydrogen) atoms. The van der Waals surface area contributed by atoms with Crippen molar-refractivity contribution in [2.24, 2.45) is 0 Å². The van der Waals surface area contributed by atoms with E-state index in [0.717, 1.165) is 0 Å². The van der Waals surface area contributed by atoms with Crippen molar-refractivity contribution in [2.45, 2.75) is 13.8 Å². The van der Waals surface area contributed by atoms with Gasteiger partial charge in [0, 0.05) is 24.1 Å². The first-order valence-electron chi connectivity index (χ1n) is 9.00. The van der Waals surface area contributed by atoms with Crippen LogP contribution in [0.4, 0.5) is 5.69 Å². The number of carbonyl (C=O) groups is 2. The third kappa shape index (κ3) is 3.57. The standard InChI is InChI=1S/C20H18N6O3/c1-3-29-20(28)16-12-22-26(13(16)2)15-7-4-6-14(10-15)23-19(27)17-11-18-21-8-5-9-25(18)24-17/h4-12H,3H2,1-2H3,(H,23,27). The highest BCUT2D eigenvalue weighted by Crippen LogP contribution is 2.19. The molecule has 0 fully saturated rings. The lowest BCUT2D eigenvalue weighted by Crippen LogP contribution is -2.13. The number of nitrogens with zero attached hydrogens (tertiary/aromatic N) is 5. The first-order valence-corrected chi connectivity index (χ1v) is 9.00. The van der Waals surface area contributed by atoms with Gasteiger partial charge in [0.1, 0.15) is 5.56 Å². The Kier molecular flexibility index (Phi) is 4.78. The van der Waals surface area contributed by atoms with Crippen LogP contribution in [-0.4, -0.2) is 42.9 Å². The lowest BCUT2D eigenvalue weighted by molar-refractivity contribution is 0.0525. The molecule has 9 heteroatoms. The average molecular weight is 390 g/mol. The van der Waals surface area contributed by atoms with Gasteiger partial charge >= 0.3 is 5.97 Å². The molecule has 4 rings (SSSR count). The number of fused-ring (bicyclic) bond motifs is 1. The number of hydrogen-bond acceptors (Lipinski definition) is 6. The van der Waals surface area contributed by atoms with Gasteiger partial charge < -0.3 is 10.1 Å². The molecule has 0 aliphatic heterocycles. The van der Waals surface area contributed by atoms with Gasteiger partial charge in [0.25, 0.3) is 5.91 Å². The van der Waals surface area contributed by atoms with Crippen molar-refractivity contribution in [2.75, 3.05) is 11.9 Å². The third-order valence-electron chi connectivity index (χ3n) is 4.32. The Morgan fingerprint density at radius 1 is 1.21 bits per heavy atom. The van der Waals surface area contributed by atoms with Crippen LogP contribution in [0.3, 0.4) is 0 Å². The van der Waals surface area contributed by atoms with Crippen LogP contribution in [0.15, 0.2) is 55.0 Å². The van der Waals surface area contributed by atoms with Crippen molar-refractivity contribution in [3.8, 4) is 5.69 Å². The smallest absolute Gasteiger partial charge is 0.341 e. The molecular weight excluding hydrogens is 372 g/mol. The van der Waals surface area contributed by atoms with E-state index in [9.17, 15) is 9.59 Å². The molecule has 0 aliphatic carbocycles. The summed E-state index contributed by atoms with van der Waals surface area (Å²) < 4.78 is 8.20. The zero-order valence-corrected chi connectivity index (χ0v) is 15.9. The number of nitrogens with one attached hydrogen (secondary N) is 1. The normalized spacial score (nSPS) is 10.8. The quantitative estimate of drug-likeness (QED) is 0.526. The number of rotatable bonds is 5. The monoisotopic (exact) mass is 390 g/mol. The molecule has 0 saturated carbocycles. The number of hydrogen-bond donors (Lipinski definition) is 1. The van der Waals surface area contributed by atoms with Crippen LogP contribution in [0.25, 0.3) is 11.3 Å². The molecule has 0 bridgehead atoms. The number of aromatic nitrogens is 5. The van der Waals surface area contributed by atoms with Crippen LogP contribution in [0.2, 0.25) is 0 Å². The lowest BCUT2D eigenvalue weighted by Gasteiger charge is -2.08. The molecule has 0 spiro atoms. The van der Waals surface area contributed by atoms with Crippen molar-refractivity contribution >= 4 is 23.2 Å². The number of esters is 1. The van der Waals surface area contributed by atoms with Gasteiger partial charge in [-0.25, -0.2) is 19.0 Å². The second kappa shape index (κ2) is 7.55. The van der Waals surface area contributed by atoms with Crippen molar-refractivity contribution in [3.05, 3.63) is 71.9 Å². The predicted octanol–water partition coefficient (Wildman–Crippen LogP) is 2.65. The summed E-state index contributed by atoms with van der Waals surface area (Å²) >= 11 is 0. The molecule has 1 aromatic carbocycles. The Labute approximate surface area is 165 Å². The fourth-order valence-electron chi connectivity index (χ4n) is 2.93. The molecule has 3 heterocycles. The molecule has 4 aromatic rings. The summed E-state index contributed by atoms with van der Waals surface area (Å²) in [6.07, 6.45) is 4.84. The number of ether oxygens (including phenoxy) is 1. The highest BCUT2D eigenvalue weighted by atomic mass is 16.5. The van der Waals surface area contributed by atoms with Crippen LogP contribution in [-0.2, 0) is 4.74 Å². The van der Waals surface area contributed by atoms with Gasteiger partial charge in [-0.15, -0.1) is 0 Å². The third-order valence-corrected chi connectivity index (χ3v) is 4.32. The highest BCUT2D eigenvalue weighted by molar-refractivity contribution is 6.03. The molecule has 0 saturated heterocycles. The van der Waals surface area contributed by atoms with Gasteiger partial charge in [0.15, 0.2) is 11.3 Å². The van der Waals surface area contributed by atoms with E-state index in [2.05, 4.69) is 20.5 Å². The Balaban J connectivity index is 1.57. The van der Waals surface area contributed by atoms with E-state index in [0.29, 0.717) is 34.9 Å². The second-order valence-corrected chi connectivity index (χ2v) is 6.23. The number of carbonyl (C=O) groups excluding carboxylic acids is 2. The molecule has 146 valence electrons. The van der Waals surface area contributed by atoms with Gasteiger partial charge in [0.05, 0.1) is 24.2 Å². The van der Waals surface area contributed by atoms with Crippen LogP contribution >= 0.6 is 0 Å². The van der Waals surface area contributed by atoms with E-state index in [1.807, 2.05) is 6.07 Å². The summed E-state index contributed by atoms with van der Waals surface area (Å²) in [6, 6.07) is 10.5. The van der Waals surface area contributed by atoms with Gasteiger partial charge in [-0.05, 0) is 38.1 Å². The SMILES string of the molecule is CCOC(=O)c1cnn(-c2cccc(NC(=O)c3cc4ncccn4n3)c2)c1C. The Morgan fingerprint density at radius 2 is 2.07 bits per heavy atom. The number of amides is 1. The fraction of sp³-hybridized carbons (Fsp3) is 0.150. The van der Waals surface area contributed by atoms with E-state index >= 15 is 0 Å². The van der Waals surface area contributed by atoms with E-state index < -0.39 is 5.97 Å². The van der Waals surface area contributed by atoms with E-state index in [4.69, 9.17) is 4.74 Å². The van der Waals surface area contributed by atoms with Gasteiger partial charge in [-0.2, -0.15) is 10.2 Å². The molecule has 1 amide bonds. The molecule has 0 aliphatic rings. The molecule has 0 unspecified atom stereocenters. The Hall–Kier alpha value is -4.01. The summed E-state index contributed by atoms with van der Waals surface area (Å²) in [5.74, 6) is -0.766. The van der Waals surface area contributed by atoms with Crippen molar-refractivity contribution < 1.29 is 14.3 Å². The van der Waals surface area contributed by atoms with E-state index in [1.165, 1.54) is 10.7 Å². The van der Waals surface area contributed by atoms with Gasteiger partial charge in [-0.1, -0.05) is 6.07 Å². The molecule has 0 radical (unpaired) electrons. The second-order valence-electron chi connectivity index (χ2n) is 6.23. The molecule has 0 atom stereocenters. The van der Waals surface area contributed by atoms with Crippen LogP contribution in [0.1, 0.15) is 33.5 Å². The molecular formula is C20H18N6O3. The Morgan fingerprint density at radius 3 is 2.86 bits per heavy atom. The fourth-order valence-corrected chi connectivity index (χ4v) is 2.93. The lowest BCUT2D eigenvalue weighted by atomic mass is 10.2. The predicted molar refractivity (Wildman–Crippen MR) is 105 cm³/mol. The van der Waals surface area contributed by atoms with Crippen molar-refractivity contribution in [3.63, 3.8) is 0 Å². The summed E-state index contributed by atoms with van der Waals surface area (Å²) in [4.78, 5) is 28.7. The molecule has 1 N–H and O–H groups in total. The topological polar surface area (TPSA) is 103 Å². The zero-order chi connectivity index (χ0) is 20.4. The maximum atomic E-state index is 12.6. The van der Waals surface area contributed by atoms with Gasteiger partial charge in [0.2, 0.25) is 0 Å².